The van der Waals surface area contributed by atoms with Crippen LogP contribution in [0.15, 0.2) is 67.3 Å². The Bertz CT molecular complexity index is 790. The van der Waals surface area contributed by atoms with Crippen molar-refractivity contribution in [3.05, 3.63) is 84.2 Å². The second-order valence-corrected chi connectivity index (χ2v) is 6.43. The Labute approximate surface area is 160 Å². The first kappa shape index (κ1) is 18.6. The number of rotatable bonds is 5. The van der Waals surface area contributed by atoms with Crippen LogP contribution in [0, 0.1) is 0 Å². The summed E-state index contributed by atoms with van der Waals surface area (Å²) in [5.74, 6) is 1.12. The molecule has 0 bridgehead atoms. The maximum Gasteiger partial charge on any atom is 0.123 e. The van der Waals surface area contributed by atoms with Gasteiger partial charge in [0.1, 0.15) is 5.82 Å². The normalized spacial score (nSPS) is 17.6. The lowest BCUT2D eigenvalue weighted by molar-refractivity contribution is 0.148. The Morgan fingerprint density at radius 2 is 1.81 bits per heavy atom. The van der Waals surface area contributed by atoms with Crippen LogP contribution in [0.25, 0.3) is 0 Å². The molecule has 1 aliphatic rings. The summed E-state index contributed by atoms with van der Waals surface area (Å²) in [6.45, 7) is 4.71. The Morgan fingerprint density at radius 3 is 2.62 bits per heavy atom. The van der Waals surface area contributed by atoms with Gasteiger partial charge >= 0.3 is 0 Å². The van der Waals surface area contributed by atoms with E-state index in [4.69, 9.17) is 0 Å². The van der Waals surface area contributed by atoms with Crippen molar-refractivity contribution in [2.75, 3.05) is 19.6 Å². The van der Waals surface area contributed by atoms with Crippen LogP contribution in [0.2, 0.25) is 0 Å². The molecule has 3 heterocycles. The van der Waals surface area contributed by atoms with Crippen molar-refractivity contribution in [1.29, 1.82) is 0 Å². The molecule has 1 unspecified atom stereocenters. The first-order valence-electron chi connectivity index (χ1n) is 8.79. The van der Waals surface area contributed by atoms with Gasteiger partial charge in [-0.15, -0.1) is 12.4 Å². The minimum absolute atomic E-state index is 0. The molecule has 0 radical (unpaired) electrons. The lowest BCUT2D eigenvalue weighted by Gasteiger charge is -2.36. The Kier molecular flexibility index (Phi) is 6.39. The second kappa shape index (κ2) is 8.94. The number of halogens is 1. The SMILES string of the molecule is Cl.c1ccc(Cn2ccnc2CN2CCNCC2c2ccncc2)cc1. The van der Waals surface area contributed by atoms with E-state index in [0.717, 1.165) is 38.5 Å². The fourth-order valence-corrected chi connectivity index (χ4v) is 3.45. The molecule has 5 nitrogen and oxygen atoms in total. The monoisotopic (exact) mass is 369 g/mol. The van der Waals surface area contributed by atoms with Gasteiger partial charge in [-0.25, -0.2) is 4.98 Å². The highest BCUT2D eigenvalue weighted by molar-refractivity contribution is 5.85. The number of piperazine rings is 1. The summed E-state index contributed by atoms with van der Waals surface area (Å²) in [6, 6.07) is 15.1. The zero-order valence-electron chi connectivity index (χ0n) is 14.7. The van der Waals surface area contributed by atoms with Crippen LogP contribution in [-0.2, 0) is 13.1 Å². The molecule has 1 atom stereocenters. The zero-order valence-corrected chi connectivity index (χ0v) is 15.5. The molecule has 1 N–H and O–H groups in total. The summed E-state index contributed by atoms with van der Waals surface area (Å²) in [4.78, 5) is 11.3. The first-order valence-corrected chi connectivity index (χ1v) is 8.79. The van der Waals surface area contributed by atoms with E-state index >= 15 is 0 Å². The van der Waals surface area contributed by atoms with Crippen LogP contribution < -0.4 is 5.32 Å². The number of hydrogen-bond donors (Lipinski definition) is 1. The number of imidazole rings is 1. The number of hydrogen-bond acceptors (Lipinski definition) is 4. The highest BCUT2D eigenvalue weighted by Crippen LogP contribution is 2.23. The fourth-order valence-electron chi connectivity index (χ4n) is 3.45. The van der Waals surface area contributed by atoms with Gasteiger partial charge < -0.3 is 9.88 Å². The van der Waals surface area contributed by atoms with Crippen LogP contribution >= 0.6 is 12.4 Å². The molecule has 0 aliphatic carbocycles. The molecule has 0 spiro atoms. The summed E-state index contributed by atoms with van der Waals surface area (Å²) in [6.07, 6.45) is 7.73. The summed E-state index contributed by atoms with van der Waals surface area (Å²) >= 11 is 0. The molecule has 2 aromatic heterocycles. The Balaban J connectivity index is 0.00000196. The van der Waals surface area contributed by atoms with Crippen molar-refractivity contribution in [1.82, 2.24) is 24.8 Å². The molecule has 0 saturated carbocycles. The molecule has 4 rings (SSSR count). The molecular formula is C20H24ClN5. The van der Waals surface area contributed by atoms with Crippen LogP contribution in [0.3, 0.4) is 0 Å². The number of pyridine rings is 1. The topological polar surface area (TPSA) is 46.0 Å². The minimum Gasteiger partial charge on any atom is -0.329 e. The van der Waals surface area contributed by atoms with Gasteiger partial charge in [-0.1, -0.05) is 30.3 Å². The molecule has 136 valence electrons. The highest BCUT2D eigenvalue weighted by atomic mass is 35.5. The van der Waals surface area contributed by atoms with Crippen molar-refractivity contribution in [3.63, 3.8) is 0 Å². The van der Waals surface area contributed by atoms with Crippen LogP contribution in [0.5, 0.6) is 0 Å². The number of nitrogens with one attached hydrogen (secondary N) is 1. The number of nitrogens with zero attached hydrogens (tertiary/aromatic N) is 4. The second-order valence-electron chi connectivity index (χ2n) is 6.43. The minimum atomic E-state index is 0. The van der Waals surface area contributed by atoms with Gasteiger partial charge in [0.2, 0.25) is 0 Å². The third kappa shape index (κ3) is 4.30. The van der Waals surface area contributed by atoms with E-state index in [1.54, 1.807) is 0 Å². The first-order chi connectivity index (χ1) is 12.4. The van der Waals surface area contributed by atoms with E-state index in [1.165, 1.54) is 11.1 Å². The maximum absolute atomic E-state index is 4.62. The third-order valence-electron chi connectivity index (χ3n) is 4.79. The predicted octanol–water partition coefficient (Wildman–Crippen LogP) is 2.89. The Morgan fingerprint density at radius 1 is 1.00 bits per heavy atom. The van der Waals surface area contributed by atoms with E-state index in [1.807, 2.05) is 18.6 Å². The number of benzene rings is 1. The molecule has 1 aromatic carbocycles. The van der Waals surface area contributed by atoms with E-state index < -0.39 is 0 Å². The molecule has 1 saturated heterocycles. The van der Waals surface area contributed by atoms with E-state index in [0.29, 0.717) is 6.04 Å². The van der Waals surface area contributed by atoms with Crippen molar-refractivity contribution in [2.45, 2.75) is 19.1 Å². The van der Waals surface area contributed by atoms with Crippen molar-refractivity contribution < 1.29 is 0 Å². The molecule has 0 amide bonds. The van der Waals surface area contributed by atoms with Gasteiger partial charge in [-0.05, 0) is 23.3 Å². The van der Waals surface area contributed by atoms with E-state index in [2.05, 4.69) is 73.4 Å². The predicted molar refractivity (Wildman–Crippen MR) is 105 cm³/mol. The van der Waals surface area contributed by atoms with Crippen LogP contribution in [0.1, 0.15) is 23.0 Å². The third-order valence-corrected chi connectivity index (χ3v) is 4.79. The zero-order chi connectivity index (χ0) is 16.9. The fraction of sp³-hybridized carbons (Fsp3) is 0.300. The van der Waals surface area contributed by atoms with Crippen molar-refractivity contribution >= 4 is 12.4 Å². The van der Waals surface area contributed by atoms with Gasteiger partial charge in [0.25, 0.3) is 0 Å². The molecule has 1 aliphatic heterocycles. The Hall–Kier alpha value is -2.21. The largest absolute Gasteiger partial charge is 0.329 e. The smallest absolute Gasteiger partial charge is 0.123 e. The van der Waals surface area contributed by atoms with Crippen LogP contribution in [0.4, 0.5) is 0 Å². The quantitative estimate of drug-likeness (QED) is 0.751. The molecular weight excluding hydrogens is 346 g/mol. The molecule has 26 heavy (non-hydrogen) atoms. The van der Waals surface area contributed by atoms with Crippen molar-refractivity contribution in [2.24, 2.45) is 0 Å². The lowest BCUT2D eigenvalue weighted by atomic mass is 10.0. The summed E-state index contributed by atoms with van der Waals surface area (Å²) < 4.78 is 2.25. The number of aromatic nitrogens is 3. The standard InChI is InChI=1S/C20H23N5.ClH/c1-2-4-17(5-3-1)15-25-13-11-23-20(25)16-24-12-10-22-14-19(24)18-6-8-21-9-7-18;/h1-9,11,13,19,22H,10,12,14-16H2;1H. The van der Waals surface area contributed by atoms with E-state index in [-0.39, 0.29) is 12.4 Å². The molecule has 3 aromatic rings. The maximum atomic E-state index is 4.62. The van der Waals surface area contributed by atoms with Crippen molar-refractivity contribution in [3.8, 4) is 0 Å². The summed E-state index contributed by atoms with van der Waals surface area (Å²) in [7, 11) is 0. The molecule has 1 fully saturated rings. The highest BCUT2D eigenvalue weighted by Gasteiger charge is 2.24. The van der Waals surface area contributed by atoms with Gasteiger partial charge in [0, 0.05) is 57.0 Å². The average molecular weight is 370 g/mol. The lowest BCUT2D eigenvalue weighted by Crippen LogP contribution is -2.45. The van der Waals surface area contributed by atoms with Gasteiger partial charge in [0.05, 0.1) is 6.54 Å². The summed E-state index contributed by atoms with van der Waals surface area (Å²) in [5, 5.41) is 3.51. The summed E-state index contributed by atoms with van der Waals surface area (Å²) in [5.41, 5.74) is 2.61. The molecule has 6 heteroatoms. The van der Waals surface area contributed by atoms with Gasteiger partial charge in [0.15, 0.2) is 0 Å². The van der Waals surface area contributed by atoms with E-state index in [9.17, 15) is 0 Å². The van der Waals surface area contributed by atoms with Crippen LogP contribution in [-0.4, -0.2) is 39.1 Å². The van der Waals surface area contributed by atoms with Gasteiger partial charge in [-0.3, -0.25) is 9.88 Å². The van der Waals surface area contributed by atoms with Gasteiger partial charge in [-0.2, -0.15) is 0 Å². The average Bonchev–Trinajstić information content (AvgIpc) is 3.10.